The second-order valence-corrected chi connectivity index (χ2v) is 4.46. The van der Waals surface area contributed by atoms with Gasteiger partial charge in [-0.15, -0.1) is 0 Å². The van der Waals surface area contributed by atoms with Crippen LogP contribution < -0.4 is 5.32 Å². The lowest BCUT2D eigenvalue weighted by molar-refractivity contribution is -0.121. The highest BCUT2D eigenvalue weighted by atomic mass is 16.7. The quantitative estimate of drug-likeness (QED) is 0.495. The van der Waals surface area contributed by atoms with Crippen molar-refractivity contribution >= 4 is 0 Å². The van der Waals surface area contributed by atoms with Gasteiger partial charge >= 0.3 is 0 Å². The van der Waals surface area contributed by atoms with E-state index >= 15 is 0 Å². The Morgan fingerprint density at radius 3 is 2.33 bits per heavy atom. The molecule has 0 bridgehead atoms. The first-order valence-electron chi connectivity index (χ1n) is 5.43. The molecule has 4 nitrogen and oxygen atoms in total. The van der Waals surface area contributed by atoms with Crippen LogP contribution in [0.5, 0.6) is 0 Å². The van der Waals surface area contributed by atoms with Crippen LogP contribution in [0.4, 0.5) is 0 Å². The summed E-state index contributed by atoms with van der Waals surface area (Å²) in [6, 6.07) is 0. The lowest BCUT2D eigenvalue weighted by Crippen LogP contribution is -2.38. The first kappa shape index (κ1) is 14.8. The molecule has 0 radical (unpaired) electrons. The third kappa shape index (κ3) is 11.8. The summed E-state index contributed by atoms with van der Waals surface area (Å²) in [6.07, 6.45) is -0.152. The molecule has 92 valence electrons. The largest absolute Gasteiger partial charge is 0.378 e. The minimum Gasteiger partial charge on any atom is -0.378 e. The summed E-state index contributed by atoms with van der Waals surface area (Å²) in [5.74, 6) is 0. The molecule has 0 aliphatic carbocycles. The fraction of sp³-hybridized carbons (Fsp3) is 1.00. The van der Waals surface area contributed by atoms with Crippen molar-refractivity contribution in [3.05, 3.63) is 0 Å². The van der Waals surface area contributed by atoms with E-state index in [1.165, 1.54) is 0 Å². The lowest BCUT2D eigenvalue weighted by Gasteiger charge is -2.20. The molecule has 0 spiro atoms. The number of methoxy groups -OCH3 is 1. The van der Waals surface area contributed by atoms with Crippen molar-refractivity contribution in [3.8, 4) is 0 Å². The van der Waals surface area contributed by atoms with E-state index < -0.39 is 0 Å². The number of nitrogens with one attached hydrogen (secondary N) is 1. The van der Waals surface area contributed by atoms with Crippen molar-refractivity contribution in [1.82, 2.24) is 5.32 Å². The zero-order chi connectivity index (χ0) is 11.7. The fourth-order valence-electron chi connectivity index (χ4n) is 0.941. The molecular weight excluding hydrogens is 194 g/mol. The van der Waals surface area contributed by atoms with Crippen LogP contribution in [-0.4, -0.2) is 45.3 Å². The van der Waals surface area contributed by atoms with Crippen LogP contribution in [-0.2, 0) is 14.2 Å². The predicted molar refractivity (Wildman–Crippen MR) is 61.0 cm³/mol. The predicted octanol–water partition coefficient (Wildman–Crippen LogP) is 1.40. The first-order valence-corrected chi connectivity index (χ1v) is 5.43. The molecule has 0 saturated heterocycles. The van der Waals surface area contributed by atoms with Gasteiger partial charge in [-0.25, -0.2) is 0 Å². The van der Waals surface area contributed by atoms with E-state index in [-0.39, 0.29) is 11.8 Å². The smallest absolute Gasteiger partial charge is 0.154 e. The molecule has 0 saturated carbocycles. The van der Waals surface area contributed by atoms with Gasteiger partial charge in [0.05, 0.1) is 19.8 Å². The van der Waals surface area contributed by atoms with Crippen LogP contribution in [0.15, 0.2) is 0 Å². The van der Waals surface area contributed by atoms with Crippen molar-refractivity contribution < 1.29 is 14.2 Å². The molecule has 0 aromatic carbocycles. The van der Waals surface area contributed by atoms with Crippen molar-refractivity contribution in [2.45, 2.75) is 39.5 Å². The Morgan fingerprint density at radius 2 is 1.80 bits per heavy atom. The Labute approximate surface area is 93.3 Å². The molecular formula is C11H25NO3. The molecule has 4 heteroatoms. The average molecular weight is 219 g/mol. The van der Waals surface area contributed by atoms with Crippen LogP contribution in [0.1, 0.15) is 27.7 Å². The second-order valence-electron chi connectivity index (χ2n) is 4.46. The normalized spacial score (nSPS) is 14.2. The van der Waals surface area contributed by atoms with E-state index in [2.05, 4.69) is 26.1 Å². The van der Waals surface area contributed by atoms with E-state index in [0.29, 0.717) is 19.8 Å². The van der Waals surface area contributed by atoms with Crippen LogP contribution in [0.3, 0.4) is 0 Å². The summed E-state index contributed by atoms with van der Waals surface area (Å²) in [4.78, 5) is 0. The van der Waals surface area contributed by atoms with Gasteiger partial charge in [-0.05, 0) is 27.7 Å². The molecule has 1 atom stereocenters. The SMILES string of the molecule is COC(C)OCCOCCNC(C)(C)C. The highest BCUT2D eigenvalue weighted by molar-refractivity contribution is 4.69. The summed E-state index contributed by atoms with van der Waals surface area (Å²) in [5, 5.41) is 3.34. The lowest BCUT2D eigenvalue weighted by atomic mass is 10.1. The topological polar surface area (TPSA) is 39.7 Å². The van der Waals surface area contributed by atoms with Crippen LogP contribution in [0, 0.1) is 0 Å². The van der Waals surface area contributed by atoms with Crippen LogP contribution in [0.2, 0.25) is 0 Å². The van der Waals surface area contributed by atoms with E-state index in [9.17, 15) is 0 Å². The molecule has 0 heterocycles. The molecule has 0 amide bonds. The summed E-state index contributed by atoms with van der Waals surface area (Å²) >= 11 is 0. The summed E-state index contributed by atoms with van der Waals surface area (Å²) in [6.45, 7) is 11.0. The minimum absolute atomic E-state index is 0.152. The molecule has 0 aromatic heterocycles. The van der Waals surface area contributed by atoms with E-state index in [1.807, 2.05) is 6.92 Å². The molecule has 1 unspecified atom stereocenters. The van der Waals surface area contributed by atoms with Crippen molar-refractivity contribution in [2.24, 2.45) is 0 Å². The number of ether oxygens (including phenoxy) is 3. The van der Waals surface area contributed by atoms with Crippen molar-refractivity contribution in [3.63, 3.8) is 0 Å². The summed E-state index contributed by atoms with van der Waals surface area (Å²) < 4.78 is 15.6. The van der Waals surface area contributed by atoms with Crippen molar-refractivity contribution in [2.75, 3.05) is 33.5 Å². The molecule has 0 aliphatic heterocycles. The minimum atomic E-state index is -0.152. The Balaban J connectivity index is 3.12. The number of hydrogen-bond donors (Lipinski definition) is 1. The second kappa shape index (κ2) is 8.05. The summed E-state index contributed by atoms with van der Waals surface area (Å²) in [5.41, 5.74) is 0.157. The maximum absolute atomic E-state index is 5.38. The van der Waals surface area contributed by atoms with Gasteiger partial charge in [-0.3, -0.25) is 0 Å². The standard InChI is InChI=1S/C11H25NO3/c1-10(13-5)15-9-8-14-7-6-12-11(2,3)4/h10,12H,6-9H2,1-5H3. The third-order valence-corrected chi connectivity index (χ3v) is 1.81. The van der Waals surface area contributed by atoms with Gasteiger partial charge in [0, 0.05) is 19.2 Å². The Hall–Kier alpha value is -0.160. The number of hydrogen-bond acceptors (Lipinski definition) is 4. The van der Waals surface area contributed by atoms with E-state index in [0.717, 1.165) is 6.54 Å². The fourth-order valence-corrected chi connectivity index (χ4v) is 0.941. The highest BCUT2D eigenvalue weighted by Crippen LogP contribution is 1.96. The highest BCUT2D eigenvalue weighted by Gasteiger charge is 2.06. The number of rotatable bonds is 8. The third-order valence-electron chi connectivity index (χ3n) is 1.81. The van der Waals surface area contributed by atoms with E-state index in [4.69, 9.17) is 14.2 Å². The Kier molecular flexibility index (Phi) is 7.96. The van der Waals surface area contributed by atoms with Gasteiger partial charge in [0.25, 0.3) is 0 Å². The van der Waals surface area contributed by atoms with Gasteiger partial charge < -0.3 is 19.5 Å². The Morgan fingerprint density at radius 1 is 1.13 bits per heavy atom. The van der Waals surface area contributed by atoms with Gasteiger partial charge in [-0.2, -0.15) is 0 Å². The zero-order valence-electron chi connectivity index (χ0n) is 10.6. The van der Waals surface area contributed by atoms with Gasteiger partial charge in [0.1, 0.15) is 0 Å². The molecule has 0 aliphatic rings. The zero-order valence-corrected chi connectivity index (χ0v) is 10.6. The maximum Gasteiger partial charge on any atom is 0.154 e. The molecule has 0 aromatic rings. The monoisotopic (exact) mass is 219 g/mol. The first-order chi connectivity index (χ1) is 6.95. The van der Waals surface area contributed by atoms with Crippen molar-refractivity contribution in [1.29, 1.82) is 0 Å². The van der Waals surface area contributed by atoms with Crippen LogP contribution in [0.25, 0.3) is 0 Å². The summed E-state index contributed by atoms with van der Waals surface area (Å²) in [7, 11) is 1.62. The Bertz CT molecular complexity index is 145. The maximum atomic E-state index is 5.38. The molecule has 0 rings (SSSR count). The van der Waals surface area contributed by atoms with Gasteiger partial charge in [0.2, 0.25) is 0 Å². The van der Waals surface area contributed by atoms with Gasteiger partial charge in [-0.1, -0.05) is 0 Å². The van der Waals surface area contributed by atoms with Gasteiger partial charge in [0.15, 0.2) is 6.29 Å². The van der Waals surface area contributed by atoms with Crippen LogP contribution >= 0.6 is 0 Å². The molecule has 15 heavy (non-hydrogen) atoms. The molecule has 1 N–H and O–H groups in total. The molecule has 0 fully saturated rings. The van der Waals surface area contributed by atoms with E-state index in [1.54, 1.807) is 7.11 Å². The average Bonchev–Trinajstić information content (AvgIpc) is 2.14.